The second-order valence-corrected chi connectivity index (χ2v) is 8.07. The van der Waals surface area contributed by atoms with Crippen LogP contribution in [0.1, 0.15) is 18.4 Å². The molecule has 11 heteroatoms. The van der Waals surface area contributed by atoms with Gasteiger partial charge >= 0.3 is 6.18 Å². The highest BCUT2D eigenvalue weighted by atomic mass is 35.5. The van der Waals surface area contributed by atoms with Crippen LogP contribution in [0, 0.1) is 5.92 Å². The number of halogens is 5. The second-order valence-electron chi connectivity index (χ2n) is 7.25. The van der Waals surface area contributed by atoms with Gasteiger partial charge in [-0.1, -0.05) is 23.2 Å². The first kappa shape index (κ1) is 21.8. The van der Waals surface area contributed by atoms with Gasteiger partial charge in [0, 0.05) is 37.3 Å². The van der Waals surface area contributed by atoms with Gasteiger partial charge in [0.15, 0.2) is 11.5 Å². The van der Waals surface area contributed by atoms with Crippen molar-refractivity contribution in [2.75, 3.05) is 36.5 Å². The van der Waals surface area contributed by atoms with Crippen molar-refractivity contribution in [3.63, 3.8) is 0 Å². The largest absolute Gasteiger partial charge is 0.486 e. The Morgan fingerprint density at radius 3 is 2.32 bits per heavy atom. The van der Waals surface area contributed by atoms with E-state index in [0.717, 1.165) is 12.3 Å². The normalized spacial score (nSPS) is 16.9. The standard InChI is InChI=1S/C20H18Cl2F3N3O3/c21-13-8-16-17(31-6-5-30-16)9-15(13)27-19(29)11-1-3-28(4-2-11)18-14(22)7-12(10-26-18)20(23,24)25/h7-11H,1-6H2,(H,27,29). The van der Waals surface area contributed by atoms with Crippen molar-refractivity contribution in [3.05, 3.63) is 40.0 Å². The molecule has 1 N–H and O–H groups in total. The molecule has 3 heterocycles. The SMILES string of the molecule is O=C(Nc1cc2c(cc1Cl)OCCO2)C1CCN(c2ncc(C(F)(F)F)cc2Cl)CC1. The average Bonchev–Trinajstić information content (AvgIpc) is 2.73. The van der Waals surface area contributed by atoms with Crippen LogP contribution < -0.4 is 19.7 Å². The number of carbonyl (C=O) groups excluding carboxylic acids is 1. The molecule has 31 heavy (non-hydrogen) atoms. The summed E-state index contributed by atoms with van der Waals surface area (Å²) >= 11 is 12.3. The summed E-state index contributed by atoms with van der Waals surface area (Å²) < 4.78 is 49.4. The maximum Gasteiger partial charge on any atom is 0.417 e. The van der Waals surface area contributed by atoms with Crippen LogP contribution in [0.4, 0.5) is 24.7 Å². The number of hydrogen-bond donors (Lipinski definition) is 1. The highest BCUT2D eigenvalue weighted by Gasteiger charge is 2.33. The quantitative estimate of drug-likeness (QED) is 0.673. The van der Waals surface area contributed by atoms with Crippen LogP contribution in [0.2, 0.25) is 10.0 Å². The van der Waals surface area contributed by atoms with E-state index in [2.05, 4.69) is 10.3 Å². The van der Waals surface area contributed by atoms with Gasteiger partial charge in [0.05, 0.1) is 21.3 Å². The molecule has 0 spiro atoms. The van der Waals surface area contributed by atoms with Gasteiger partial charge in [-0.2, -0.15) is 13.2 Å². The lowest BCUT2D eigenvalue weighted by Gasteiger charge is -2.32. The Hall–Kier alpha value is -2.39. The number of benzene rings is 1. The zero-order chi connectivity index (χ0) is 22.2. The van der Waals surface area contributed by atoms with Gasteiger partial charge in [0.25, 0.3) is 0 Å². The van der Waals surface area contributed by atoms with Gasteiger partial charge in [-0.15, -0.1) is 0 Å². The Morgan fingerprint density at radius 1 is 1.06 bits per heavy atom. The van der Waals surface area contributed by atoms with E-state index < -0.39 is 11.7 Å². The van der Waals surface area contributed by atoms with Crippen LogP contribution in [0.3, 0.4) is 0 Å². The fourth-order valence-corrected chi connectivity index (χ4v) is 4.05. The van der Waals surface area contributed by atoms with Gasteiger partial charge < -0.3 is 19.7 Å². The molecule has 1 fully saturated rings. The highest BCUT2D eigenvalue weighted by Crippen LogP contribution is 2.39. The Kier molecular flexibility index (Phi) is 6.07. The highest BCUT2D eigenvalue weighted by molar-refractivity contribution is 6.34. The predicted octanol–water partition coefficient (Wildman–Crippen LogP) is 5.03. The van der Waals surface area contributed by atoms with Crippen molar-refractivity contribution in [2.24, 2.45) is 5.92 Å². The van der Waals surface area contributed by atoms with Gasteiger partial charge in [-0.3, -0.25) is 4.79 Å². The number of piperidine rings is 1. The summed E-state index contributed by atoms with van der Waals surface area (Å²) in [5.41, 5.74) is -0.461. The molecule has 2 aliphatic heterocycles. The van der Waals surface area contributed by atoms with Crippen LogP contribution in [0.15, 0.2) is 24.4 Å². The molecule has 0 bridgehead atoms. The molecule has 1 amide bonds. The number of pyridine rings is 1. The lowest BCUT2D eigenvalue weighted by atomic mass is 9.95. The monoisotopic (exact) mass is 475 g/mol. The van der Waals surface area contributed by atoms with Gasteiger partial charge in [0.1, 0.15) is 19.0 Å². The summed E-state index contributed by atoms with van der Waals surface area (Å²) in [4.78, 5) is 18.4. The number of carbonyl (C=O) groups is 1. The molecule has 0 unspecified atom stereocenters. The molecule has 166 valence electrons. The fraction of sp³-hybridized carbons (Fsp3) is 0.400. The smallest absolute Gasteiger partial charge is 0.417 e. The van der Waals surface area contributed by atoms with Crippen molar-refractivity contribution >= 4 is 40.6 Å². The summed E-state index contributed by atoms with van der Waals surface area (Å²) in [7, 11) is 0. The minimum atomic E-state index is -4.50. The summed E-state index contributed by atoms with van der Waals surface area (Å²) in [6.07, 6.45) is -2.75. The first-order valence-corrected chi connectivity index (χ1v) is 10.4. The maximum absolute atomic E-state index is 12.8. The molecule has 1 saturated heterocycles. The average molecular weight is 476 g/mol. The first-order valence-electron chi connectivity index (χ1n) is 9.60. The minimum Gasteiger partial charge on any atom is -0.486 e. The van der Waals surface area contributed by atoms with E-state index >= 15 is 0 Å². The molecular formula is C20H18Cl2F3N3O3. The third-order valence-corrected chi connectivity index (χ3v) is 5.79. The molecule has 0 radical (unpaired) electrons. The second kappa shape index (κ2) is 8.63. The zero-order valence-electron chi connectivity index (χ0n) is 16.1. The number of ether oxygens (including phenoxy) is 2. The summed E-state index contributed by atoms with van der Waals surface area (Å²) in [6.45, 7) is 1.72. The Bertz CT molecular complexity index is 996. The van der Waals surface area contributed by atoms with E-state index in [4.69, 9.17) is 32.7 Å². The first-order chi connectivity index (χ1) is 14.7. The summed E-state index contributed by atoms with van der Waals surface area (Å²) in [6, 6.07) is 4.11. The minimum absolute atomic E-state index is 0.0687. The maximum atomic E-state index is 12.8. The number of fused-ring (bicyclic) bond motifs is 1. The third-order valence-electron chi connectivity index (χ3n) is 5.20. The van der Waals surface area contributed by atoms with Crippen molar-refractivity contribution in [1.29, 1.82) is 0 Å². The van der Waals surface area contributed by atoms with E-state index in [0.29, 0.717) is 61.4 Å². The van der Waals surface area contributed by atoms with Crippen LogP contribution >= 0.6 is 23.2 Å². The number of nitrogens with one attached hydrogen (secondary N) is 1. The Morgan fingerprint density at radius 2 is 1.71 bits per heavy atom. The number of anilines is 2. The number of amides is 1. The Balaban J connectivity index is 1.38. The molecule has 0 aliphatic carbocycles. The van der Waals surface area contributed by atoms with E-state index in [9.17, 15) is 18.0 Å². The van der Waals surface area contributed by atoms with Gasteiger partial charge in [-0.25, -0.2) is 4.98 Å². The fourth-order valence-electron chi connectivity index (χ4n) is 3.57. The van der Waals surface area contributed by atoms with E-state index in [1.54, 1.807) is 17.0 Å². The Labute approximate surface area is 186 Å². The number of hydrogen-bond acceptors (Lipinski definition) is 5. The summed E-state index contributed by atoms with van der Waals surface area (Å²) in [5.74, 6) is 0.856. The number of rotatable bonds is 3. The lowest BCUT2D eigenvalue weighted by molar-refractivity contribution is -0.137. The van der Waals surface area contributed by atoms with Crippen molar-refractivity contribution in [3.8, 4) is 11.5 Å². The number of nitrogens with zero attached hydrogens (tertiary/aromatic N) is 2. The molecule has 0 atom stereocenters. The topological polar surface area (TPSA) is 63.7 Å². The predicted molar refractivity (Wildman–Crippen MR) is 110 cm³/mol. The molecule has 1 aromatic heterocycles. The number of alkyl halides is 3. The molecule has 6 nitrogen and oxygen atoms in total. The molecule has 2 aliphatic rings. The molecule has 4 rings (SSSR count). The van der Waals surface area contributed by atoms with Crippen molar-refractivity contribution in [1.82, 2.24) is 4.98 Å². The lowest BCUT2D eigenvalue weighted by Crippen LogP contribution is -2.38. The van der Waals surface area contributed by atoms with E-state index in [1.165, 1.54) is 0 Å². The van der Waals surface area contributed by atoms with Crippen LogP contribution in [0.5, 0.6) is 11.5 Å². The molecule has 1 aromatic carbocycles. The van der Waals surface area contributed by atoms with Crippen LogP contribution in [0.25, 0.3) is 0 Å². The third kappa shape index (κ3) is 4.77. The number of aromatic nitrogens is 1. The van der Waals surface area contributed by atoms with Gasteiger partial charge in [0.2, 0.25) is 5.91 Å². The molecular weight excluding hydrogens is 458 g/mol. The molecule has 2 aromatic rings. The van der Waals surface area contributed by atoms with E-state index in [1.807, 2.05) is 0 Å². The van der Waals surface area contributed by atoms with Crippen molar-refractivity contribution in [2.45, 2.75) is 19.0 Å². The van der Waals surface area contributed by atoms with Crippen LogP contribution in [-0.2, 0) is 11.0 Å². The molecule has 0 saturated carbocycles. The van der Waals surface area contributed by atoms with Crippen LogP contribution in [-0.4, -0.2) is 37.2 Å². The van der Waals surface area contributed by atoms with E-state index in [-0.39, 0.29) is 22.7 Å². The zero-order valence-corrected chi connectivity index (χ0v) is 17.7. The van der Waals surface area contributed by atoms with Crippen molar-refractivity contribution < 1.29 is 27.4 Å². The summed E-state index contributed by atoms with van der Waals surface area (Å²) in [5, 5.41) is 3.10. The van der Waals surface area contributed by atoms with Gasteiger partial charge in [-0.05, 0) is 18.9 Å².